The van der Waals surface area contributed by atoms with Gasteiger partial charge in [-0.25, -0.2) is 18.2 Å². The Morgan fingerprint density at radius 1 is 1.05 bits per heavy atom. The van der Waals surface area contributed by atoms with Gasteiger partial charge >= 0.3 is 6.09 Å². The van der Waals surface area contributed by atoms with Crippen molar-refractivity contribution in [3.8, 4) is 0 Å². The quantitative estimate of drug-likeness (QED) is 0.0862. The zero-order valence-electron chi connectivity index (χ0n) is 23.3. The number of rotatable bonds is 15. The van der Waals surface area contributed by atoms with Gasteiger partial charge in [-0.2, -0.15) is 4.31 Å². The molecule has 0 spiro atoms. The molecule has 42 heavy (non-hydrogen) atoms. The lowest BCUT2D eigenvalue weighted by Crippen LogP contribution is -2.56. The molecule has 2 aromatic carbocycles. The molecule has 6 N–H and O–H groups in total. The summed E-state index contributed by atoms with van der Waals surface area (Å²) in [5, 5.41) is 37.4. The minimum absolute atomic E-state index is 0.0145. The van der Waals surface area contributed by atoms with E-state index in [1.807, 2.05) is 32.0 Å². The van der Waals surface area contributed by atoms with Crippen molar-refractivity contribution in [3.63, 3.8) is 0 Å². The number of carbonyl (C=O) groups is 2. The van der Waals surface area contributed by atoms with Gasteiger partial charge < -0.3 is 31.0 Å². The molecule has 0 bridgehead atoms. The summed E-state index contributed by atoms with van der Waals surface area (Å²) < 4.78 is 28.5. The molecule has 0 saturated heterocycles. The van der Waals surface area contributed by atoms with Crippen molar-refractivity contribution < 1.29 is 33.4 Å². The second-order valence-electron chi connectivity index (χ2n) is 10.2. The molecule has 3 rings (SSSR count). The van der Waals surface area contributed by atoms with E-state index in [1.165, 1.54) is 47.3 Å². The fourth-order valence-electron chi connectivity index (χ4n) is 4.36. The average Bonchev–Trinajstić information content (AvgIpc) is 3.45. The maximum atomic E-state index is 13.6. The van der Waals surface area contributed by atoms with Crippen molar-refractivity contribution in [3.05, 3.63) is 83.9 Å². The van der Waals surface area contributed by atoms with Crippen molar-refractivity contribution in [2.45, 2.75) is 49.8 Å². The van der Waals surface area contributed by atoms with Crippen LogP contribution in [-0.4, -0.2) is 87.6 Å². The molecule has 0 fully saturated rings. The SMILES string of the molecule is CC(C)CN(C[C@@H](O)[C@H](Cc1ccccc1)NC(=O)[C@H](Cc1cnc[nH]1)NC(=O)O)S(=O)(=O)c1ccc(/C=N/O)cc1. The first-order valence-electron chi connectivity index (χ1n) is 13.3. The van der Waals surface area contributed by atoms with Gasteiger partial charge in [0, 0.05) is 31.4 Å². The van der Waals surface area contributed by atoms with Crippen LogP contribution in [0.4, 0.5) is 4.79 Å². The number of aromatic amines is 1. The fraction of sp³-hybridized carbons (Fsp3) is 0.357. The summed E-state index contributed by atoms with van der Waals surface area (Å²) in [4.78, 5) is 31.5. The highest BCUT2D eigenvalue weighted by Gasteiger charge is 2.33. The summed E-state index contributed by atoms with van der Waals surface area (Å²) in [5.41, 5.74) is 1.80. The lowest BCUT2D eigenvalue weighted by Gasteiger charge is -2.31. The number of H-pyrrole nitrogens is 1. The topological polar surface area (TPSA) is 197 Å². The molecule has 0 aliphatic heterocycles. The summed E-state index contributed by atoms with van der Waals surface area (Å²) in [7, 11) is -4.07. The van der Waals surface area contributed by atoms with Gasteiger partial charge in [-0.1, -0.05) is 61.5 Å². The van der Waals surface area contributed by atoms with Crippen LogP contribution in [0.5, 0.6) is 0 Å². The highest BCUT2D eigenvalue weighted by molar-refractivity contribution is 7.89. The molecule has 3 aromatic rings. The lowest BCUT2D eigenvalue weighted by molar-refractivity contribution is -0.124. The predicted molar refractivity (Wildman–Crippen MR) is 155 cm³/mol. The Hall–Kier alpha value is -4.27. The summed E-state index contributed by atoms with van der Waals surface area (Å²) >= 11 is 0. The lowest BCUT2D eigenvalue weighted by atomic mass is 10.00. The Morgan fingerprint density at radius 3 is 2.31 bits per heavy atom. The first-order chi connectivity index (χ1) is 20.0. The minimum atomic E-state index is -4.07. The van der Waals surface area contributed by atoms with Gasteiger partial charge in [-0.3, -0.25) is 4.79 Å². The number of carboxylic acid groups (broad SMARTS) is 1. The molecular formula is C28H36N6O7S. The van der Waals surface area contributed by atoms with E-state index in [1.54, 1.807) is 12.1 Å². The van der Waals surface area contributed by atoms with Crippen LogP contribution < -0.4 is 10.6 Å². The minimum Gasteiger partial charge on any atom is -0.465 e. The number of imidazole rings is 1. The number of benzene rings is 2. The summed E-state index contributed by atoms with van der Waals surface area (Å²) in [5.74, 6) is -0.778. The molecule has 226 valence electrons. The fourth-order valence-corrected chi connectivity index (χ4v) is 5.99. The number of aliphatic hydroxyl groups is 1. The normalized spacial score (nSPS) is 14.1. The molecule has 0 saturated carbocycles. The number of hydrogen-bond donors (Lipinski definition) is 6. The van der Waals surface area contributed by atoms with E-state index in [9.17, 15) is 28.2 Å². The van der Waals surface area contributed by atoms with Gasteiger partial charge in [0.1, 0.15) is 6.04 Å². The third-order valence-electron chi connectivity index (χ3n) is 6.37. The van der Waals surface area contributed by atoms with E-state index in [-0.39, 0.29) is 36.7 Å². The smallest absolute Gasteiger partial charge is 0.405 e. The zero-order valence-corrected chi connectivity index (χ0v) is 24.1. The van der Waals surface area contributed by atoms with E-state index in [2.05, 4.69) is 25.8 Å². The van der Waals surface area contributed by atoms with E-state index in [0.29, 0.717) is 11.3 Å². The number of aliphatic hydroxyl groups excluding tert-OH is 1. The molecule has 3 atom stereocenters. The number of amides is 2. The van der Waals surface area contributed by atoms with Crippen molar-refractivity contribution >= 4 is 28.2 Å². The molecule has 0 radical (unpaired) electrons. The highest BCUT2D eigenvalue weighted by atomic mass is 32.2. The highest BCUT2D eigenvalue weighted by Crippen LogP contribution is 2.20. The molecule has 0 unspecified atom stereocenters. The molecule has 0 aliphatic rings. The van der Waals surface area contributed by atoms with E-state index >= 15 is 0 Å². The van der Waals surface area contributed by atoms with Crippen molar-refractivity contribution in [2.24, 2.45) is 11.1 Å². The zero-order chi connectivity index (χ0) is 30.7. The molecule has 0 aliphatic carbocycles. The van der Waals surface area contributed by atoms with Gasteiger partial charge in [0.25, 0.3) is 0 Å². The largest absolute Gasteiger partial charge is 0.465 e. The summed E-state index contributed by atoms with van der Waals surface area (Å²) in [6.07, 6.45) is 1.42. The van der Waals surface area contributed by atoms with Crippen LogP contribution in [0.15, 0.2) is 77.2 Å². The van der Waals surface area contributed by atoms with Crippen LogP contribution >= 0.6 is 0 Å². The predicted octanol–water partition coefficient (Wildman–Crippen LogP) is 1.83. The van der Waals surface area contributed by atoms with Crippen LogP contribution in [0.1, 0.15) is 30.7 Å². The number of aromatic nitrogens is 2. The maximum Gasteiger partial charge on any atom is 0.405 e. The molecule has 13 nitrogen and oxygen atoms in total. The van der Waals surface area contributed by atoms with Crippen molar-refractivity contribution in [2.75, 3.05) is 13.1 Å². The van der Waals surface area contributed by atoms with Gasteiger partial charge in [0.15, 0.2) is 0 Å². The van der Waals surface area contributed by atoms with Crippen LogP contribution in [0.2, 0.25) is 0 Å². The van der Waals surface area contributed by atoms with Crippen LogP contribution in [0, 0.1) is 5.92 Å². The summed E-state index contributed by atoms with van der Waals surface area (Å²) in [6.45, 7) is 3.44. The number of nitrogens with zero attached hydrogens (tertiary/aromatic N) is 3. The van der Waals surface area contributed by atoms with E-state index in [0.717, 1.165) is 5.56 Å². The molecule has 1 aromatic heterocycles. The molecular weight excluding hydrogens is 564 g/mol. The number of sulfonamides is 1. The molecule has 14 heteroatoms. The third kappa shape index (κ3) is 9.39. The number of oxime groups is 1. The molecule has 1 heterocycles. The van der Waals surface area contributed by atoms with Crippen molar-refractivity contribution in [1.29, 1.82) is 0 Å². The second kappa shape index (κ2) is 15.1. The van der Waals surface area contributed by atoms with Gasteiger partial charge in [-0.05, 0) is 35.6 Å². The van der Waals surface area contributed by atoms with Gasteiger partial charge in [0.05, 0.1) is 29.6 Å². The monoisotopic (exact) mass is 600 g/mol. The first kappa shape index (κ1) is 32.2. The van der Waals surface area contributed by atoms with E-state index < -0.39 is 40.2 Å². The van der Waals surface area contributed by atoms with Crippen molar-refractivity contribution in [1.82, 2.24) is 24.9 Å². The van der Waals surface area contributed by atoms with Crippen LogP contribution in [0.25, 0.3) is 0 Å². The standard InChI is InChI=1S/C28H36N6O7S/c1-19(2)16-34(42(40,41)23-10-8-21(9-11-23)14-31-39)17-26(35)24(12-20-6-4-3-5-7-20)32-27(36)25(33-28(37)38)13-22-15-29-18-30-22/h3-11,14-15,18-19,24-26,33,35,39H,12-13,16-17H2,1-2H3,(H,29,30)(H,32,36)(H,37,38)/b31-14+/t24-,25-,26+/m0/s1. The maximum absolute atomic E-state index is 13.6. The van der Waals surface area contributed by atoms with Gasteiger partial charge in [-0.15, -0.1) is 0 Å². The number of nitrogens with one attached hydrogen (secondary N) is 3. The number of hydrogen-bond acceptors (Lipinski definition) is 8. The van der Waals surface area contributed by atoms with Crippen LogP contribution in [0.3, 0.4) is 0 Å². The third-order valence-corrected chi connectivity index (χ3v) is 8.21. The molecule has 2 amide bonds. The first-order valence-corrected chi connectivity index (χ1v) is 14.7. The Labute approximate surface area is 244 Å². The summed E-state index contributed by atoms with van der Waals surface area (Å²) in [6, 6.07) is 12.6. The Balaban J connectivity index is 1.88. The Bertz CT molecular complexity index is 1410. The second-order valence-corrected chi connectivity index (χ2v) is 12.1. The van der Waals surface area contributed by atoms with Crippen LogP contribution in [-0.2, 0) is 27.7 Å². The Kier molecular flexibility index (Phi) is 11.6. The average molecular weight is 601 g/mol. The van der Waals surface area contributed by atoms with E-state index in [4.69, 9.17) is 5.21 Å². The Morgan fingerprint density at radius 2 is 1.74 bits per heavy atom. The van der Waals surface area contributed by atoms with Gasteiger partial charge in [0.2, 0.25) is 15.9 Å². The number of carbonyl (C=O) groups excluding carboxylic acids is 1.